The van der Waals surface area contributed by atoms with Crippen molar-refractivity contribution in [2.24, 2.45) is 0 Å². The Morgan fingerprint density at radius 2 is 1.97 bits per heavy atom. The van der Waals surface area contributed by atoms with Gasteiger partial charge in [0.25, 0.3) is 0 Å². The zero-order valence-electron chi connectivity index (χ0n) is 16.7. The number of imidazole rings is 1. The van der Waals surface area contributed by atoms with E-state index in [4.69, 9.17) is 14.7 Å². The fourth-order valence-electron chi connectivity index (χ4n) is 4.25. The second-order valence-electron chi connectivity index (χ2n) is 7.72. The first-order valence-electron chi connectivity index (χ1n) is 10.4. The van der Waals surface area contributed by atoms with Crippen LogP contribution in [0.15, 0.2) is 35.1 Å². The third-order valence-electron chi connectivity index (χ3n) is 5.65. The molecule has 0 radical (unpaired) electrons. The number of ether oxygens (including phenoxy) is 1. The van der Waals surface area contributed by atoms with Crippen LogP contribution in [-0.4, -0.2) is 51.4 Å². The van der Waals surface area contributed by atoms with Gasteiger partial charge in [0.2, 0.25) is 5.95 Å². The van der Waals surface area contributed by atoms with Crippen LogP contribution in [0.1, 0.15) is 18.9 Å². The largest absolute Gasteiger partial charge is 0.378 e. The second-order valence-corrected chi connectivity index (χ2v) is 7.72. The summed E-state index contributed by atoms with van der Waals surface area (Å²) < 4.78 is 9.07. The van der Waals surface area contributed by atoms with Crippen molar-refractivity contribution in [1.82, 2.24) is 19.1 Å². The minimum absolute atomic E-state index is 0.00848. The molecule has 8 nitrogen and oxygen atoms in total. The minimum atomic E-state index is -0.00848. The van der Waals surface area contributed by atoms with Crippen LogP contribution in [0, 0.1) is 0 Å². The highest BCUT2D eigenvalue weighted by Crippen LogP contribution is 2.33. The molecule has 1 aromatic rings. The highest BCUT2D eigenvalue weighted by atomic mass is 16.5. The summed E-state index contributed by atoms with van der Waals surface area (Å²) in [5.74, 6) is 2.16. The molecule has 0 amide bonds. The lowest BCUT2D eigenvalue weighted by atomic mass is 10.1. The molecule has 1 aromatic carbocycles. The van der Waals surface area contributed by atoms with Crippen molar-refractivity contribution in [3.63, 3.8) is 0 Å². The molecule has 4 aliphatic heterocycles. The predicted octanol–water partition coefficient (Wildman–Crippen LogP) is 1.83. The highest BCUT2D eigenvalue weighted by molar-refractivity contribution is 5.72. The van der Waals surface area contributed by atoms with Crippen LogP contribution in [0.3, 0.4) is 0 Å². The molecule has 4 heterocycles. The minimum Gasteiger partial charge on any atom is -0.378 e. The van der Waals surface area contributed by atoms with Gasteiger partial charge in [0.1, 0.15) is 5.82 Å². The molecular weight excluding hydrogens is 368 g/mol. The Kier molecular flexibility index (Phi) is 4.71. The molecule has 0 saturated carbocycles. The van der Waals surface area contributed by atoms with E-state index in [-0.39, 0.29) is 11.7 Å². The van der Waals surface area contributed by atoms with Gasteiger partial charge in [-0.05, 0) is 18.4 Å². The van der Waals surface area contributed by atoms with Crippen LogP contribution in [-0.2, 0) is 24.2 Å². The van der Waals surface area contributed by atoms with Crippen molar-refractivity contribution >= 4 is 11.8 Å². The summed E-state index contributed by atoms with van der Waals surface area (Å²) in [6, 6.07) is 10.5. The van der Waals surface area contributed by atoms with Crippen molar-refractivity contribution in [2.45, 2.75) is 38.9 Å². The summed E-state index contributed by atoms with van der Waals surface area (Å²) in [6.45, 7) is 6.25. The van der Waals surface area contributed by atoms with Gasteiger partial charge in [-0.25, -0.2) is 9.78 Å². The number of benzene rings is 1. The average molecular weight is 394 g/mol. The Hall–Kier alpha value is -2.87. The lowest BCUT2D eigenvalue weighted by Crippen LogP contribution is -2.36. The predicted molar refractivity (Wildman–Crippen MR) is 112 cm³/mol. The number of aromatic nitrogens is 4. The molecule has 0 spiro atoms. The molecule has 8 heteroatoms. The van der Waals surface area contributed by atoms with Crippen molar-refractivity contribution in [2.75, 3.05) is 36.5 Å². The zero-order chi connectivity index (χ0) is 19.8. The maximum Gasteiger partial charge on any atom is 0.331 e. The Morgan fingerprint density at radius 3 is 2.72 bits per heavy atom. The van der Waals surface area contributed by atoms with E-state index < -0.39 is 0 Å². The van der Waals surface area contributed by atoms with Gasteiger partial charge in [-0.15, -0.1) is 0 Å². The third-order valence-corrected chi connectivity index (χ3v) is 5.65. The van der Waals surface area contributed by atoms with E-state index in [0.717, 1.165) is 37.4 Å². The Bertz CT molecular complexity index is 1020. The van der Waals surface area contributed by atoms with E-state index >= 15 is 0 Å². The summed E-state index contributed by atoms with van der Waals surface area (Å²) in [6.07, 6.45) is 1.73. The number of nitrogens with zero attached hydrogens (tertiary/aromatic N) is 5. The monoisotopic (exact) mass is 394 g/mol. The van der Waals surface area contributed by atoms with E-state index in [2.05, 4.69) is 29.3 Å². The first-order chi connectivity index (χ1) is 14.2. The van der Waals surface area contributed by atoms with Gasteiger partial charge >= 0.3 is 5.69 Å². The standard InChI is InChI=1S/C21H26N6O2/c1-2-8-26-19-17(23-20(24-19)25-9-11-29-12-10-25)18-22-16(14-27(18)21(26)28)13-15-6-4-3-5-7-15/h3-7,16,22H,2,8-14H2,1H3/t16-/m1/s1. The van der Waals surface area contributed by atoms with Gasteiger partial charge in [-0.3, -0.25) is 9.13 Å². The summed E-state index contributed by atoms with van der Waals surface area (Å²) in [5, 5.41) is 3.56. The van der Waals surface area contributed by atoms with Gasteiger partial charge in [-0.2, -0.15) is 4.98 Å². The van der Waals surface area contributed by atoms with Gasteiger partial charge in [0.05, 0.1) is 13.2 Å². The first-order valence-corrected chi connectivity index (χ1v) is 10.4. The normalized spacial score (nSPS) is 18.8. The topological polar surface area (TPSA) is 77.2 Å². The maximum absolute atomic E-state index is 13.2. The number of nitrogens with one attached hydrogen (secondary N) is 1. The maximum atomic E-state index is 13.2. The molecule has 29 heavy (non-hydrogen) atoms. The smallest absolute Gasteiger partial charge is 0.331 e. The quantitative estimate of drug-likeness (QED) is 0.711. The molecule has 0 aliphatic carbocycles. The highest BCUT2D eigenvalue weighted by Gasteiger charge is 2.32. The number of hydrogen-bond donors (Lipinski definition) is 1. The number of morpholine rings is 1. The summed E-state index contributed by atoms with van der Waals surface area (Å²) in [5.41, 5.74) is 2.03. The van der Waals surface area contributed by atoms with Crippen LogP contribution in [0.5, 0.6) is 0 Å². The molecule has 5 rings (SSSR count). The number of anilines is 2. The lowest BCUT2D eigenvalue weighted by molar-refractivity contribution is 0.122. The molecule has 152 valence electrons. The molecule has 0 bridgehead atoms. The molecule has 1 saturated heterocycles. The third kappa shape index (κ3) is 3.27. The fourth-order valence-corrected chi connectivity index (χ4v) is 4.25. The molecule has 1 N–H and O–H groups in total. The van der Waals surface area contributed by atoms with Gasteiger partial charge in [0.15, 0.2) is 11.5 Å². The molecular formula is C21H26N6O2. The van der Waals surface area contributed by atoms with E-state index in [9.17, 15) is 4.79 Å². The van der Waals surface area contributed by atoms with E-state index in [0.29, 0.717) is 38.1 Å². The average Bonchev–Trinajstić information content (AvgIpc) is 3.37. The van der Waals surface area contributed by atoms with Gasteiger partial charge < -0.3 is 15.0 Å². The Balaban J connectivity index is 1.54. The summed E-state index contributed by atoms with van der Waals surface area (Å²) in [7, 11) is 0. The molecule has 0 unspecified atom stereocenters. The van der Waals surface area contributed by atoms with Crippen molar-refractivity contribution < 1.29 is 4.74 Å². The fraction of sp³-hybridized carbons (Fsp3) is 0.476. The lowest BCUT2D eigenvalue weighted by Gasteiger charge is -2.25. The van der Waals surface area contributed by atoms with Crippen LogP contribution in [0.25, 0.3) is 11.5 Å². The summed E-state index contributed by atoms with van der Waals surface area (Å²) >= 11 is 0. The number of rotatable bonds is 5. The van der Waals surface area contributed by atoms with Gasteiger partial charge in [-0.1, -0.05) is 37.3 Å². The SMILES string of the molecule is CCCn1c2nc(N3CCOCC3)nc-2c2n(c1=O)C[C@@H](Cc1ccccc1)N2. The molecule has 4 aliphatic rings. The zero-order valence-corrected chi connectivity index (χ0v) is 16.7. The molecule has 1 fully saturated rings. The number of hydrogen-bond acceptors (Lipinski definition) is 6. The van der Waals surface area contributed by atoms with Crippen LogP contribution < -0.4 is 15.9 Å². The van der Waals surface area contributed by atoms with Crippen LogP contribution in [0.2, 0.25) is 0 Å². The van der Waals surface area contributed by atoms with Crippen LogP contribution in [0.4, 0.5) is 11.8 Å². The number of fused-ring (bicyclic) bond motifs is 3. The molecule has 0 aromatic heterocycles. The Labute approximate surface area is 169 Å². The van der Waals surface area contributed by atoms with E-state index in [1.54, 1.807) is 4.57 Å². The second kappa shape index (κ2) is 7.51. The van der Waals surface area contributed by atoms with Gasteiger partial charge in [0, 0.05) is 32.2 Å². The Morgan fingerprint density at radius 1 is 1.17 bits per heavy atom. The van der Waals surface area contributed by atoms with Crippen molar-refractivity contribution in [1.29, 1.82) is 0 Å². The molecule has 1 atom stereocenters. The van der Waals surface area contributed by atoms with E-state index in [1.165, 1.54) is 5.56 Å². The summed E-state index contributed by atoms with van der Waals surface area (Å²) in [4.78, 5) is 25.0. The van der Waals surface area contributed by atoms with Crippen LogP contribution >= 0.6 is 0 Å². The first kappa shape index (κ1) is 18.2. The van der Waals surface area contributed by atoms with Crippen molar-refractivity contribution in [3.8, 4) is 11.5 Å². The van der Waals surface area contributed by atoms with Crippen molar-refractivity contribution in [3.05, 3.63) is 46.4 Å². The van der Waals surface area contributed by atoms with E-state index in [1.807, 2.05) is 22.8 Å².